The molecule has 0 atom stereocenters. The topological polar surface area (TPSA) is 32.5 Å². The van der Waals surface area contributed by atoms with Crippen LogP contribution in [0.4, 0.5) is 0 Å². The third-order valence-electron chi connectivity index (χ3n) is 4.95. The molecule has 4 rings (SSSR count). The van der Waals surface area contributed by atoms with Gasteiger partial charge in [-0.1, -0.05) is 41.6 Å². The van der Waals surface area contributed by atoms with Crippen molar-refractivity contribution in [2.75, 3.05) is 26.2 Å². The summed E-state index contributed by atoms with van der Waals surface area (Å²) < 4.78 is 5.42. The van der Waals surface area contributed by atoms with Crippen LogP contribution in [0.25, 0.3) is 11.0 Å². The zero-order valence-corrected chi connectivity index (χ0v) is 14.1. The van der Waals surface area contributed by atoms with Crippen LogP contribution in [0.1, 0.15) is 16.8 Å². The number of rotatable bonds is 4. The lowest BCUT2D eigenvalue weighted by molar-refractivity contribution is 0.120. The summed E-state index contributed by atoms with van der Waals surface area (Å²) in [6.07, 6.45) is 0. The normalized spacial score (nSPS) is 16.7. The highest BCUT2D eigenvalue weighted by Gasteiger charge is 2.19. The molecule has 2 heterocycles. The number of piperazine rings is 1. The van der Waals surface area contributed by atoms with Gasteiger partial charge in [0, 0.05) is 44.7 Å². The summed E-state index contributed by atoms with van der Waals surface area (Å²) in [6.45, 7) is 8.47. The quantitative estimate of drug-likeness (QED) is 0.737. The highest BCUT2D eigenvalue weighted by molar-refractivity contribution is 5.79. The summed E-state index contributed by atoms with van der Waals surface area (Å²) in [5.41, 5.74) is 4.76. The van der Waals surface area contributed by atoms with Gasteiger partial charge in [0.25, 0.3) is 0 Å². The van der Waals surface area contributed by atoms with Crippen LogP contribution in [0, 0.1) is 6.92 Å². The van der Waals surface area contributed by atoms with Gasteiger partial charge in [0.05, 0.1) is 0 Å². The second-order valence-corrected chi connectivity index (χ2v) is 6.60. The first kappa shape index (κ1) is 15.4. The fraction of sp³-hybridized carbons (Fsp3) is 0.350. The van der Waals surface area contributed by atoms with Crippen LogP contribution in [-0.4, -0.2) is 41.1 Å². The van der Waals surface area contributed by atoms with Crippen molar-refractivity contribution in [3.05, 3.63) is 65.4 Å². The molecule has 4 nitrogen and oxygen atoms in total. The van der Waals surface area contributed by atoms with Crippen LogP contribution >= 0.6 is 0 Å². The summed E-state index contributed by atoms with van der Waals surface area (Å²) in [4.78, 5) is 5.01. The van der Waals surface area contributed by atoms with Crippen LogP contribution in [0.3, 0.4) is 0 Å². The maximum absolute atomic E-state index is 5.42. The SMILES string of the molecule is Cc1ccccc1CN1CCN(Cc2noc3ccccc23)CC1. The van der Waals surface area contributed by atoms with E-state index < -0.39 is 0 Å². The molecule has 0 bridgehead atoms. The maximum atomic E-state index is 5.42. The van der Waals surface area contributed by atoms with E-state index in [1.165, 1.54) is 11.1 Å². The number of aromatic nitrogens is 1. The van der Waals surface area contributed by atoms with Gasteiger partial charge in [0.1, 0.15) is 5.69 Å². The van der Waals surface area contributed by atoms with Crippen molar-refractivity contribution in [2.24, 2.45) is 0 Å². The van der Waals surface area contributed by atoms with Crippen molar-refractivity contribution in [1.29, 1.82) is 0 Å². The van der Waals surface area contributed by atoms with Crippen LogP contribution in [0.15, 0.2) is 53.1 Å². The molecule has 0 N–H and O–H groups in total. The van der Waals surface area contributed by atoms with Crippen LogP contribution in [0.5, 0.6) is 0 Å². The molecule has 1 aliphatic heterocycles. The van der Waals surface area contributed by atoms with E-state index in [9.17, 15) is 0 Å². The van der Waals surface area contributed by atoms with Crippen molar-refractivity contribution in [2.45, 2.75) is 20.0 Å². The third-order valence-corrected chi connectivity index (χ3v) is 4.95. The number of hydrogen-bond acceptors (Lipinski definition) is 4. The molecule has 1 saturated heterocycles. The van der Waals surface area contributed by atoms with Crippen LogP contribution in [-0.2, 0) is 13.1 Å². The molecular formula is C20H23N3O. The number of fused-ring (bicyclic) bond motifs is 1. The van der Waals surface area contributed by atoms with Crippen LogP contribution < -0.4 is 0 Å². The summed E-state index contributed by atoms with van der Waals surface area (Å²) in [5, 5.41) is 5.40. The Morgan fingerprint density at radius 1 is 0.875 bits per heavy atom. The first-order valence-electron chi connectivity index (χ1n) is 8.62. The van der Waals surface area contributed by atoms with Gasteiger partial charge in [0.15, 0.2) is 5.58 Å². The minimum atomic E-state index is 0.870. The molecular weight excluding hydrogens is 298 g/mol. The summed E-state index contributed by atoms with van der Waals surface area (Å²) >= 11 is 0. The lowest BCUT2D eigenvalue weighted by Gasteiger charge is -2.34. The van der Waals surface area contributed by atoms with Gasteiger partial charge in [0.2, 0.25) is 0 Å². The van der Waals surface area contributed by atoms with E-state index >= 15 is 0 Å². The second-order valence-electron chi connectivity index (χ2n) is 6.60. The molecule has 124 valence electrons. The Hall–Kier alpha value is -2.17. The van der Waals surface area contributed by atoms with E-state index in [4.69, 9.17) is 4.52 Å². The van der Waals surface area contributed by atoms with Crippen molar-refractivity contribution in [3.63, 3.8) is 0 Å². The Balaban J connectivity index is 1.35. The molecule has 0 saturated carbocycles. The third kappa shape index (κ3) is 3.21. The molecule has 1 aliphatic rings. The lowest BCUT2D eigenvalue weighted by atomic mass is 10.1. The molecule has 0 aliphatic carbocycles. The maximum Gasteiger partial charge on any atom is 0.167 e. The monoisotopic (exact) mass is 321 g/mol. The van der Waals surface area contributed by atoms with Gasteiger partial charge < -0.3 is 4.52 Å². The number of para-hydroxylation sites is 1. The summed E-state index contributed by atoms with van der Waals surface area (Å²) in [5.74, 6) is 0. The largest absolute Gasteiger partial charge is 0.356 e. The van der Waals surface area contributed by atoms with Crippen LogP contribution in [0.2, 0.25) is 0 Å². The Labute approximate surface area is 142 Å². The van der Waals surface area contributed by atoms with E-state index in [-0.39, 0.29) is 0 Å². The fourth-order valence-electron chi connectivity index (χ4n) is 3.40. The van der Waals surface area contributed by atoms with Gasteiger partial charge in [-0.3, -0.25) is 9.80 Å². The Morgan fingerprint density at radius 2 is 1.54 bits per heavy atom. The zero-order valence-electron chi connectivity index (χ0n) is 14.1. The first-order valence-corrected chi connectivity index (χ1v) is 8.62. The lowest BCUT2D eigenvalue weighted by Crippen LogP contribution is -2.45. The van der Waals surface area contributed by atoms with Crippen molar-refractivity contribution in [1.82, 2.24) is 15.0 Å². The average Bonchev–Trinajstić information content (AvgIpc) is 3.02. The second kappa shape index (κ2) is 6.75. The highest BCUT2D eigenvalue weighted by Crippen LogP contribution is 2.20. The van der Waals surface area contributed by atoms with Gasteiger partial charge in [-0.05, 0) is 30.2 Å². The average molecular weight is 321 g/mol. The van der Waals surface area contributed by atoms with Gasteiger partial charge in [-0.15, -0.1) is 0 Å². The predicted octanol–water partition coefficient (Wildman–Crippen LogP) is 3.45. The highest BCUT2D eigenvalue weighted by atomic mass is 16.5. The predicted molar refractivity (Wildman–Crippen MR) is 95.7 cm³/mol. The number of hydrogen-bond donors (Lipinski definition) is 0. The first-order chi connectivity index (χ1) is 11.8. The number of aryl methyl sites for hydroxylation is 1. The van der Waals surface area contributed by atoms with Crippen molar-refractivity contribution < 1.29 is 4.52 Å². The van der Waals surface area contributed by atoms with Crippen molar-refractivity contribution >= 4 is 11.0 Å². The number of nitrogens with zero attached hydrogens (tertiary/aromatic N) is 3. The zero-order chi connectivity index (χ0) is 16.4. The van der Waals surface area contributed by atoms with E-state index in [2.05, 4.69) is 52.2 Å². The molecule has 2 aromatic carbocycles. The Kier molecular flexibility index (Phi) is 4.32. The summed E-state index contributed by atoms with van der Waals surface area (Å²) in [7, 11) is 0. The molecule has 1 aromatic heterocycles. The molecule has 3 aromatic rings. The minimum absolute atomic E-state index is 0.870. The molecule has 1 fully saturated rings. The van der Waals surface area contributed by atoms with Gasteiger partial charge in [-0.25, -0.2) is 0 Å². The number of benzene rings is 2. The van der Waals surface area contributed by atoms with Gasteiger partial charge in [-0.2, -0.15) is 0 Å². The van der Waals surface area contributed by atoms with Crippen molar-refractivity contribution in [3.8, 4) is 0 Å². The summed E-state index contributed by atoms with van der Waals surface area (Å²) in [6, 6.07) is 16.8. The van der Waals surface area contributed by atoms with E-state index in [0.29, 0.717) is 0 Å². The Morgan fingerprint density at radius 3 is 2.33 bits per heavy atom. The van der Waals surface area contributed by atoms with Gasteiger partial charge >= 0.3 is 0 Å². The molecule has 24 heavy (non-hydrogen) atoms. The molecule has 0 unspecified atom stereocenters. The molecule has 4 heteroatoms. The molecule has 0 spiro atoms. The fourth-order valence-corrected chi connectivity index (χ4v) is 3.40. The Bertz CT molecular complexity index is 818. The standard InChI is InChI=1S/C20H23N3O/c1-16-6-2-3-7-17(16)14-22-10-12-23(13-11-22)15-19-18-8-4-5-9-20(18)24-21-19/h2-9H,10-15H2,1H3. The molecule has 0 radical (unpaired) electrons. The van der Waals surface area contributed by atoms with E-state index in [1.54, 1.807) is 0 Å². The molecule has 0 amide bonds. The smallest absolute Gasteiger partial charge is 0.167 e. The van der Waals surface area contributed by atoms with E-state index in [0.717, 1.165) is 55.9 Å². The van der Waals surface area contributed by atoms with E-state index in [1.807, 2.05) is 18.2 Å². The minimum Gasteiger partial charge on any atom is -0.356 e.